The molecule has 0 radical (unpaired) electrons. The number of β-amino-alcohol motifs (C(OH)–C–C–N with tert-alkyl or cyclic N) is 1. The third-order valence-corrected chi connectivity index (χ3v) is 4.35. The topological polar surface area (TPSA) is 43.7 Å². The van der Waals surface area contributed by atoms with Crippen molar-refractivity contribution in [2.45, 2.75) is 31.4 Å². The molecule has 0 spiro atoms. The Labute approximate surface area is 117 Å². The molecule has 1 aliphatic heterocycles. The lowest BCUT2D eigenvalue weighted by Gasteiger charge is -2.36. The fourth-order valence-electron chi connectivity index (χ4n) is 2.57. The summed E-state index contributed by atoms with van der Waals surface area (Å²) >= 11 is 3.47. The zero-order valence-corrected chi connectivity index (χ0v) is 12.0. The molecule has 18 heavy (non-hydrogen) atoms. The second-order valence-corrected chi connectivity index (χ2v) is 5.72. The van der Waals surface area contributed by atoms with Crippen molar-refractivity contribution in [1.82, 2.24) is 4.90 Å². The van der Waals surface area contributed by atoms with Crippen molar-refractivity contribution in [3.05, 3.63) is 34.3 Å². The van der Waals surface area contributed by atoms with Crippen LogP contribution in [0.3, 0.4) is 0 Å². The number of halogens is 1. The van der Waals surface area contributed by atoms with E-state index in [1.807, 2.05) is 24.3 Å². The standard InChI is InChI=1S/C14H20BrNO2/c15-13-7-2-1-6-12(13)14(18)9-16-8-4-3-5-11(16)10-17/h1-2,6-7,11,14,17-18H,3-5,8-10H2/t11-,14+/m1/s1. The predicted molar refractivity (Wildman–Crippen MR) is 75.4 cm³/mol. The van der Waals surface area contributed by atoms with Gasteiger partial charge in [0.05, 0.1) is 12.7 Å². The molecule has 0 aliphatic carbocycles. The molecular formula is C14H20BrNO2. The maximum absolute atomic E-state index is 10.3. The highest BCUT2D eigenvalue weighted by Gasteiger charge is 2.24. The molecule has 0 amide bonds. The second-order valence-electron chi connectivity index (χ2n) is 4.86. The molecule has 2 rings (SSSR count). The van der Waals surface area contributed by atoms with E-state index >= 15 is 0 Å². The molecule has 0 aromatic heterocycles. The van der Waals surface area contributed by atoms with Crippen LogP contribution in [0.2, 0.25) is 0 Å². The predicted octanol–water partition coefficient (Wildman–Crippen LogP) is 2.33. The Bertz CT molecular complexity index is 386. The molecule has 0 bridgehead atoms. The van der Waals surface area contributed by atoms with Gasteiger partial charge in [-0.3, -0.25) is 4.90 Å². The van der Waals surface area contributed by atoms with Gasteiger partial charge in [0.1, 0.15) is 0 Å². The molecule has 3 nitrogen and oxygen atoms in total. The number of likely N-dealkylation sites (tertiary alicyclic amines) is 1. The lowest BCUT2D eigenvalue weighted by atomic mass is 10.0. The zero-order valence-electron chi connectivity index (χ0n) is 10.4. The van der Waals surface area contributed by atoms with Crippen LogP contribution in [0, 0.1) is 0 Å². The minimum Gasteiger partial charge on any atom is -0.395 e. The van der Waals surface area contributed by atoms with Crippen LogP contribution in [0.1, 0.15) is 30.9 Å². The van der Waals surface area contributed by atoms with Crippen LogP contribution in [-0.4, -0.2) is 40.9 Å². The van der Waals surface area contributed by atoms with Gasteiger partial charge in [0.25, 0.3) is 0 Å². The number of rotatable bonds is 4. The summed E-state index contributed by atoms with van der Waals surface area (Å²) in [5, 5.41) is 19.7. The van der Waals surface area contributed by atoms with Crippen LogP contribution < -0.4 is 0 Å². The number of nitrogens with zero attached hydrogens (tertiary/aromatic N) is 1. The third-order valence-electron chi connectivity index (χ3n) is 3.63. The van der Waals surface area contributed by atoms with E-state index in [1.54, 1.807) is 0 Å². The zero-order chi connectivity index (χ0) is 13.0. The van der Waals surface area contributed by atoms with Crippen molar-refractivity contribution in [3.63, 3.8) is 0 Å². The van der Waals surface area contributed by atoms with Gasteiger partial charge < -0.3 is 10.2 Å². The molecule has 1 heterocycles. The number of aliphatic hydroxyl groups is 2. The minimum atomic E-state index is -0.507. The number of hydrogen-bond donors (Lipinski definition) is 2. The van der Waals surface area contributed by atoms with Gasteiger partial charge in [0, 0.05) is 17.1 Å². The highest BCUT2D eigenvalue weighted by Crippen LogP contribution is 2.26. The van der Waals surface area contributed by atoms with Crippen molar-refractivity contribution in [2.75, 3.05) is 19.7 Å². The Morgan fingerprint density at radius 2 is 2.11 bits per heavy atom. The van der Waals surface area contributed by atoms with Gasteiger partial charge in [-0.2, -0.15) is 0 Å². The Morgan fingerprint density at radius 3 is 2.83 bits per heavy atom. The summed E-state index contributed by atoms with van der Waals surface area (Å²) in [5.41, 5.74) is 0.916. The molecule has 4 heteroatoms. The molecule has 1 aliphatic rings. The summed E-state index contributed by atoms with van der Waals surface area (Å²) in [7, 11) is 0. The smallest absolute Gasteiger partial charge is 0.0927 e. The molecule has 1 saturated heterocycles. The van der Waals surface area contributed by atoms with E-state index in [0.29, 0.717) is 6.54 Å². The van der Waals surface area contributed by atoms with Crippen molar-refractivity contribution in [3.8, 4) is 0 Å². The molecule has 1 aromatic rings. The van der Waals surface area contributed by atoms with Crippen LogP contribution in [0.25, 0.3) is 0 Å². The summed E-state index contributed by atoms with van der Waals surface area (Å²) < 4.78 is 0.940. The maximum atomic E-state index is 10.3. The molecule has 1 fully saturated rings. The summed E-state index contributed by atoms with van der Waals surface area (Å²) in [6, 6.07) is 7.96. The van der Waals surface area contributed by atoms with Gasteiger partial charge in [-0.1, -0.05) is 40.5 Å². The number of piperidine rings is 1. The Kier molecular flexibility index (Phi) is 5.18. The quantitative estimate of drug-likeness (QED) is 0.896. The molecule has 2 atom stereocenters. The van der Waals surface area contributed by atoms with E-state index in [-0.39, 0.29) is 12.6 Å². The first-order chi connectivity index (χ1) is 8.72. The molecule has 100 valence electrons. The molecule has 1 aromatic carbocycles. The molecule has 0 saturated carbocycles. The van der Waals surface area contributed by atoms with Gasteiger partial charge in [0.15, 0.2) is 0 Å². The normalized spacial score (nSPS) is 22.9. The van der Waals surface area contributed by atoms with E-state index in [0.717, 1.165) is 29.4 Å². The van der Waals surface area contributed by atoms with E-state index < -0.39 is 6.10 Å². The Balaban J connectivity index is 2.02. The Hall–Kier alpha value is -0.420. The van der Waals surface area contributed by atoms with Crippen molar-refractivity contribution in [1.29, 1.82) is 0 Å². The number of hydrogen-bond acceptors (Lipinski definition) is 3. The fraction of sp³-hybridized carbons (Fsp3) is 0.571. The molecule has 0 unspecified atom stereocenters. The summed E-state index contributed by atoms with van der Waals surface area (Å²) in [5.74, 6) is 0. The monoisotopic (exact) mass is 313 g/mol. The van der Waals surface area contributed by atoms with Crippen molar-refractivity contribution < 1.29 is 10.2 Å². The first kappa shape index (κ1) is 14.0. The van der Waals surface area contributed by atoms with Gasteiger partial charge in [-0.25, -0.2) is 0 Å². The van der Waals surface area contributed by atoms with E-state index in [1.165, 1.54) is 6.42 Å². The van der Waals surface area contributed by atoms with Crippen LogP contribution in [0.15, 0.2) is 28.7 Å². The number of aliphatic hydroxyl groups excluding tert-OH is 2. The van der Waals surface area contributed by atoms with Crippen LogP contribution in [0.5, 0.6) is 0 Å². The van der Waals surface area contributed by atoms with Gasteiger partial charge >= 0.3 is 0 Å². The fourth-order valence-corrected chi connectivity index (χ4v) is 3.12. The first-order valence-corrected chi connectivity index (χ1v) is 7.29. The van der Waals surface area contributed by atoms with Gasteiger partial charge in [-0.05, 0) is 31.0 Å². The summed E-state index contributed by atoms with van der Waals surface area (Å²) in [4.78, 5) is 2.20. The van der Waals surface area contributed by atoms with E-state index in [4.69, 9.17) is 0 Å². The van der Waals surface area contributed by atoms with Crippen LogP contribution in [0.4, 0.5) is 0 Å². The third kappa shape index (κ3) is 3.32. The van der Waals surface area contributed by atoms with Crippen molar-refractivity contribution in [2.24, 2.45) is 0 Å². The van der Waals surface area contributed by atoms with Crippen LogP contribution >= 0.6 is 15.9 Å². The highest BCUT2D eigenvalue weighted by atomic mass is 79.9. The second kappa shape index (κ2) is 6.66. The lowest BCUT2D eigenvalue weighted by molar-refractivity contribution is 0.0415. The average molecular weight is 314 g/mol. The number of benzene rings is 1. The SMILES string of the molecule is OC[C@H]1CCCCN1C[C@H](O)c1ccccc1Br. The first-order valence-electron chi connectivity index (χ1n) is 6.49. The highest BCUT2D eigenvalue weighted by molar-refractivity contribution is 9.10. The van der Waals surface area contributed by atoms with Gasteiger partial charge in [-0.15, -0.1) is 0 Å². The van der Waals surface area contributed by atoms with Crippen molar-refractivity contribution >= 4 is 15.9 Å². The van der Waals surface area contributed by atoms with Gasteiger partial charge in [0.2, 0.25) is 0 Å². The Morgan fingerprint density at radius 1 is 1.33 bits per heavy atom. The molecule has 2 N–H and O–H groups in total. The average Bonchev–Trinajstić information content (AvgIpc) is 2.39. The van der Waals surface area contributed by atoms with E-state index in [2.05, 4.69) is 20.8 Å². The lowest BCUT2D eigenvalue weighted by Crippen LogP contribution is -2.43. The minimum absolute atomic E-state index is 0.183. The summed E-state index contributed by atoms with van der Waals surface area (Å²) in [6.45, 7) is 1.74. The largest absolute Gasteiger partial charge is 0.395 e. The summed E-state index contributed by atoms with van der Waals surface area (Å²) in [6.07, 6.45) is 2.85. The van der Waals surface area contributed by atoms with E-state index in [9.17, 15) is 10.2 Å². The van der Waals surface area contributed by atoms with Crippen LogP contribution in [-0.2, 0) is 0 Å². The molecular weight excluding hydrogens is 294 g/mol. The maximum Gasteiger partial charge on any atom is 0.0927 e.